The molecule has 2 nitrogen and oxygen atoms in total. The Morgan fingerprint density at radius 3 is 2.62 bits per heavy atom. The van der Waals surface area contributed by atoms with E-state index in [0.29, 0.717) is 5.75 Å². The maximum absolute atomic E-state index is 13.0. The summed E-state index contributed by atoms with van der Waals surface area (Å²) in [6.45, 7) is 0. The lowest BCUT2D eigenvalue weighted by atomic mass is 9.94. The highest BCUT2D eigenvalue weighted by Gasteiger charge is 2.26. The van der Waals surface area contributed by atoms with Crippen molar-refractivity contribution >= 4 is 0 Å². The Hall–Kier alpha value is -1.09. The van der Waals surface area contributed by atoms with Crippen LogP contribution in [0.1, 0.15) is 25.7 Å². The topological polar surface area (TPSA) is 18.5 Å². The van der Waals surface area contributed by atoms with E-state index in [0.717, 1.165) is 19.3 Å². The Balaban J connectivity index is 2.02. The van der Waals surface area contributed by atoms with Crippen molar-refractivity contribution in [2.24, 2.45) is 0 Å². The van der Waals surface area contributed by atoms with E-state index < -0.39 is 0 Å². The molecule has 1 aliphatic rings. The molecule has 16 heavy (non-hydrogen) atoms. The predicted octanol–water partition coefficient (Wildman–Crippen LogP) is 3.16. The number of methoxy groups -OCH3 is 1. The molecule has 2 atom stereocenters. The summed E-state index contributed by atoms with van der Waals surface area (Å²) in [6.07, 6.45) is 4.53. The molecular weight excluding hydrogens is 207 g/mol. The zero-order valence-corrected chi connectivity index (χ0v) is 9.49. The van der Waals surface area contributed by atoms with E-state index in [4.69, 9.17) is 9.47 Å². The van der Waals surface area contributed by atoms with E-state index in [1.165, 1.54) is 18.6 Å². The van der Waals surface area contributed by atoms with Crippen molar-refractivity contribution in [3.63, 3.8) is 0 Å². The Morgan fingerprint density at radius 1 is 1.19 bits per heavy atom. The minimum atomic E-state index is -0.262. The molecule has 0 heterocycles. The molecule has 3 heteroatoms. The second-order valence-corrected chi connectivity index (χ2v) is 4.17. The minimum absolute atomic E-state index is 0.0561. The molecule has 1 fully saturated rings. The van der Waals surface area contributed by atoms with Gasteiger partial charge in [0.1, 0.15) is 17.7 Å². The summed E-state index contributed by atoms with van der Waals surface area (Å²) in [5, 5.41) is 0. The predicted molar refractivity (Wildman–Crippen MR) is 60.1 cm³/mol. The van der Waals surface area contributed by atoms with Crippen LogP contribution in [-0.2, 0) is 4.74 Å². The standard InChI is InChI=1S/C13H17FO2/c1-15-12-7-2-3-8-13(12)16-11-6-4-5-10(14)9-11/h4-6,9,12-13H,2-3,7-8H2,1H3/t12-,13?/m0/s1. The normalized spacial score (nSPS) is 25.4. The van der Waals surface area contributed by atoms with Crippen LogP contribution in [0.4, 0.5) is 4.39 Å². The summed E-state index contributed by atoms with van der Waals surface area (Å²) in [6, 6.07) is 6.28. The van der Waals surface area contributed by atoms with E-state index in [1.54, 1.807) is 19.2 Å². The molecule has 0 radical (unpaired) electrons. The number of halogens is 1. The van der Waals surface area contributed by atoms with Gasteiger partial charge in [-0.15, -0.1) is 0 Å². The van der Waals surface area contributed by atoms with Crippen LogP contribution in [0.3, 0.4) is 0 Å². The second kappa shape index (κ2) is 5.30. The second-order valence-electron chi connectivity index (χ2n) is 4.17. The third kappa shape index (κ3) is 2.73. The molecule has 0 aliphatic heterocycles. The molecule has 2 rings (SSSR count). The molecule has 0 N–H and O–H groups in total. The molecule has 1 saturated carbocycles. The van der Waals surface area contributed by atoms with Crippen molar-refractivity contribution in [2.75, 3.05) is 7.11 Å². The fourth-order valence-corrected chi connectivity index (χ4v) is 2.18. The van der Waals surface area contributed by atoms with Gasteiger partial charge in [0.05, 0.1) is 6.10 Å². The molecule has 88 valence electrons. The fraction of sp³-hybridized carbons (Fsp3) is 0.538. The van der Waals surface area contributed by atoms with Gasteiger partial charge in [-0.1, -0.05) is 12.5 Å². The smallest absolute Gasteiger partial charge is 0.126 e. The molecule has 0 spiro atoms. The number of benzene rings is 1. The van der Waals surface area contributed by atoms with Crippen LogP contribution in [0.15, 0.2) is 24.3 Å². The van der Waals surface area contributed by atoms with Crippen LogP contribution in [-0.4, -0.2) is 19.3 Å². The minimum Gasteiger partial charge on any atom is -0.488 e. The summed E-state index contributed by atoms with van der Waals surface area (Å²) >= 11 is 0. The van der Waals surface area contributed by atoms with Gasteiger partial charge in [-0.05, 0) is 31.4 Å². The highest BCUT2D eigenvalue weighted by molar-refractivity contribution is 5.22. The van der Waals surface area contributed by atoms with E-state index in [-0.39, 0.29) is 18.0 Å². The largest absolute Gasteiger partial charge is 0.488 e. The van der Waals surface area contributed by atoms with Gasteiger partial charge in [0.25, 0.3) is 0 Å². The molecule has 1 aromatic rings. The Kier molecular flexibility index (Phi) is 3.78. The number of hydrogen-bond donors (Lipinski definition) is 0. The van der Waals surface area contributed by atoms with Crippen LogP contribution >= 0.6 is 0 Å². The summed E-state index contributed by atoms with van der Waals surface area (Å²) < 4.78 is 24.2. The lowest BCUT2D eigenvalue weighted by Gasteiger charge is -2.30. The highest BCUT2D eigenvalue weighted by atomic mass is 19.1. The van der Waals surface area contributed by atoms with Gasteiger partial charge in [0.2, 0.25) is 0 Å². The molecule has 1 aliphatic carbocycles. The molecular formula is C13H17FO2. The van der Waals surface area contributed by atoms with Crippen molar-refractivity contribution in [1.82, 2.24) is 0 Å². The van der Waals surface area contributed by atoms with Crippen molar-refractivity contribution in [3.05, 3.63) is 30.1 Å². The highest BCUT2D eigenvalue weighted by Crippen LogP contribution is 2.25. The first-order chi connectivity index (χ1) is 7.79. The number of hydrogen-bond acceptors (Lipinski definition) is 2. The van der Waals surface area contributed by atoms with Gasteiger partial charge in [-0.3, -0.25) is 0 Å². The lowest BCUT2D eigenvalue weighted by molar-refractivity contribution is -0.0230. The summed E-state index contributed by atoms with van der Waals surface area (Å²) in [4.78, 5) is 0. The van der Waals surface area contributed by atoms with Gasteiger partial charge in [-0.2, -0.15) is 0 Å². The zero-order valence-electron chi connectivity index (χ0n) is 9.49. The Bertz CT molecular complexity index is 340. The maximum atomic E-state index is 13.0. The maximum Gasteiger partial charge on any atom is 0.126 e. The molecule has 0 amide bonds. The summed E-state index contributed by atoms with van der Waals surface area (Å²) in [7, 11) is 1.71. The average molecular weight is 224 g/mol. The molecule has 1 unspecified atom stereocenters. The number of rotatable bonds is 3. The van der Waals surface area contributed by atoms with Gasteiger partial charge >= 0.3 is 0 Å². The average Bonchev–Trinajstić information content (AvgIpc) is 2.30. The monoisotopic (exact) mass is 224 g/mol. The van der Waals surface area contributed by atoms with Gasteiger partial charge < -0.3 is 9.47 Å². The van der Waals surface area contributed by atoms with Crippen LogP contribution in [0.2, 0.25) is 0 Å². The van der Waals surface area contributed by atoms with Crippen LogP contribution in [0.25, 0.3) is 0 Å². The molecule has 0 aromatic heterocycles. The van der Waals surface area contributed by atoms with Crippen molar-refractivity contribution in [1.29, 1.82) is 0 Å². The number of ether oxygens (including phenoxy) is 2. The first-order valence-electron chi connectivity index (χ1n) is 5.74. The van der Waals surface area contributed by atoms with Crippen molar-refractivity contribution in [2.45, 2.75) is 37.9 Å². The van der Waals surface area contributed by atoms with Crippen molar-refractivity contribution < 1.29 is 13.9 Å². The molecule has 0 saturated heterocycles. The van der Waals surface area contributed by atoms with E-state index in [9.17, 15) is 4.39 Å². The Labute approximate surface area is 95.4 Å². The summed E-state index contributed by atoms with van der Waals surface area (Å²) in [5.74, 6) is 0.330. The lowest BCUT2D eigenvalue weighted by Crippen LogP contribution is -2.36. The third-order valence-electron chi connectivity index (χ3n) is 3.03. The zero-order chi connectivity index (χ0) is 11.4. The van der Waals surface area contributed by atoms with E-state index >= 15 is 0 Å². The quantitative estimate of drug-likeness (QED) is 0.785. The third-order valence-corrected chi connectivity index (χ3v) is 3.03. The van der Waals surface area contributed by atoms with Crippen molar-refractivity contribution in [3.8, 4) is 5.75 Å². The fourth-order valence-electron chi connectivity index (χ4n) is 2.18. The Morgan fingerprint density at radius 2 is 1.94 bits per heavy atom. The van der Waals surface area contributed by atoms with Crippen LogP contribution in [0.5, 0.6) is 5.75 Å². The first-order valence-corrected chi connectivity index (χ1v) is 5.74. The first kappa shape index (κ1) is 11.4. The molecule has 0 bridgehead atoms. The van der Waals surface area contributed by atoms with Gasteiger partial charge in [0.15, 0.2) is 0 Å². The van der Waals surface area contributed by atoms with E-state index in [1.807, 2.05) is 0 Å². The van der Waals surface area contributed by atoms with Crippen LogP contribution in [0, 0.1) is 5.82 Å². The van der Waals surface area contributed by atoms with Crippen LogP contribution < -0.4 is 4.74 Å². The SMILES string of the molecule is CO[C@H]1CCCCC1Oc1cccc(F)c1. The molecule has 1 aromatic carbocycles. The summed E-state index contributed by atoms with van der Waals surface area (Å²) in [5.41, 5.74) is 0. The van der Waals surface area contributed by atoms with Gasteiger partial charge in [-0.25, -0.2) is 4.39 Å². The van der Waals surface area contributed by atoms with E-state index in [2.05, 4.69) is 0 Å². The van der Waals surface area contributed by atoms with Gasteiger partial charge in [0, 0.05) is 13.2 Å².